The van der Waals surface area contributed by atoms with Gasteiger partial charge in [-0.2, -0.15) is 0 Å². The highest BCUT2D eigenvalue weighted by molar-refractivity contribution is 7.99. The number of nitrogens with one attached hydrogen (secondary N) is 1. The van der Waals surface area contributed by atoms with Gasteiger partial charge in [-0.15, -0.1) is 11.8 Å². The molecule has 0 radical (unpaired) electrons. The summed E-state index contributed by atoms with van der Waals surface area (Å²) in [5.41, 5.74) is 2.55. The Hall–Kier alpha value is -1.89. The molecule has 0 aliphatic rings. The Labute approximate surface area is 249 Å². The van der Waals surface area contributed by atoms with Gasteiger partial charge in [0.25, 0.3) is 0 Å². The summed E-state index contributed by atoms with van der Waals surface area (Å²) >= 11 is 26.3. The molecule has 3 aromatic carbocycles. The molecule has 0 saturated carbocycles. The third-order valence-electron chi connectivity index (χ3n) is 5.81. The first-order valence-corrected chi connectivity index (χ1v) is 14.9. The van der Waals surface area contributed by atoms with Gasteiger partial charge < -0.3 is 10.2 Å². The molecule has 0 aromatic heterocycles. The largest absolute Gasteiger partial charge is 0.354 e. The molecule has 0 unspecified atom stereocenters. The lowest BCUT2D eigenvalue weighted by Crippen LogP contribution is -2.51. The maximum Gasteiger partial charge on any atom is 0.243 e. The van der Waals surface area contributed by atoms with Crippen LogP contribution >= 0.6 is 58.2 Å². The molecular formula is C29H30Cl4N2O2S. The number of amides is 2. The van der Waals surface area contributed by atoms with E-state index in [0.717, 1.165) is 11.1 Å². The Morgan fingerprint density at radius 3 is 2.05 bits per heavy atom. The first-order valence-electron chi connectivity index (χ1n) is 12.2. The Morgan fingerprint density at radius 1 is 0.868 bits per heavy atom. The fourth-order valence-corrected chi connectivity index (χ4v) is 5.72. The lowest BCUT2D eigenvalue weighted by molar-refractivity contribution is -0.139. The third kappa shape index (κ3) is 9.39. The second-order valence-corrected chi connectivity index (χ2v) is 12.0. The Balaban J connectivity index is 1.88. The van der Waals surface area contributed by atoms with E-state index in [9.17, 15) is 9.59 Å². The summed E-state index contributed by atoms with van der Waals surface area (Å²) in [5.74, 6) is 0.580. The molecule has 0 aliphatic carbocycles. The van der Waals surface area contributed by atoms with Crippen LogP contribution in [-0.2, 0) is 28.3 Å². The molecule has 0 bridgehead atoms. The van der Waals surface area contributed by atoms with Crippen molar-refractivity contribution in [3.8, 4) is 0 Å². The van der Waals surface area contributed by atoms with Crippen LogP contribution in [0.1, 0.15) is 30.5 Å². The Morgan fingerprint density at radius 2 is 1.47 bits per heavy atom. The van der Waals surface area contributed by atoms with E-state index in [-0.39, 0.29) is 30.0 Å². The van der Waals surface area contributed by atoms with Crippen LogP contribution in [0.2, 0.25) is 20.1 Å². The van der Waals surface area contributed by atoms with Crippen LogP contribution in [0.3, 0.4) is 0 Å². The quantitative estimate of drug-likeness (QED) is 0.226. The van der Waals surface area contributed by atoms with Crippen LogP contribution in [0.5, 0.6) is 0 Å². The molecule has 0 aliphatic heterocycles. The molecule has 0 saturated heterocycles. The minimum atomic E-state index is -0.727. The molecule has 0 spiro atoms. The zero-order valence-corrected chi connectivity index (χ0v) is 25.1. The Kier molecular flexibility index (Phi) is 12.1. The highest BCUT2D eigenvalue weighted by Crippen LogP contribution is 2.27. The molecule has 3 aromatic rings. The van der Waals surface area contributed by atoms with Crippen molar-refractivity contribution in [3.63, 3.8) is 0 Å². The Bertz CT molecular complexity index is 1240. The molecule has 0 fully saturated rings. The van der Waals surface area contributed by atoms with Gasteiger partial charge in [0.2, 0.25) is 11.8 Å². The number of rotatable bonds is 12. The SMILES string of the molecule is CC(C)CNC(=O)[C@H](Cc1ccccc1)N(Cc1ccc(Cl)cc1Cl)C(=O)CSCc1ccc(Cl)cc1Cl. The zero-order valence-electron chi connectivity index (χ0n) is 21.2. The molecule has 38 heavy (non-hydrogen) atoms. The highest BCUT2D eigenvalue weighted by atomic mass is 35.5. The zero-order chi connectivity index (χ0) is 27.7. The summed E-state index contributed by atoms with van der Waals surface area (Å²) in [6, 6.07) is 19.4. The van der Waals surface area contributed by atoms with Crippen molar-refractivity contribution in [3.05, 3.63) is 104 Å². The predicted molar refractivity (Wildman–Crippen MR) is 161 cm³/mol. The van der Waals surface area contributed by atoms with Crippen LogP contribution in [0, 0.1) is 5.92 Å². The van der Waals surface area contributed by atoms with E-state index in [4.69, 9.17) is 46.4 Å². The standard InChI is InChI=1S/C29H30Cl4N2O2S/c1-19(2)15-34-29(37)27(12-20-6-4-3-5-7-20)35(16-21-8-10-23(30)13-25(21)32)28(36)18-38-17-22-9-11-24(31)14-26(22)33/h3-11,13-14,19,27H,12,15-18H2,1-2H3,(H,34,37)/t27-/m0/s1. The van der Waals surface area contributed by atoms with Gasteiger partial charge in [-0.05, 0) is 46.9 Å². The number of carbonyl (C=O) groups is 2. The second kappa shape index (κ2) is 15.0. The number of hydrogen-bond donors (Lipinski definition) is 1. The number of benzene rings is 3. The topological polar surface area (TPSA) is 49.4 Å². The summed E-state index contributed by atoms with van der Waals surface area (Å²) in [7, 11) is 0. The molecule has 2 amide bonds. The summed E-state index contributed by atoms with van der Waals surface area (Å²) in [6.45, 7) is 4.74. The fraction of sp³-hybridized carbons (Fsp3) is 0.310. The van der Waals surface area contributed by atoms with Crippen molar-refractivity contribution in [1.82, 2.24) is 10.2 Å². The van der Waals surface area contributed by atoms with Crippen molar-refractivity contribution in [2.45, 2.75) is 38.6 Å². The fourth-order valence-electron chi connectivity index (χ4n) is 3.78. The maximum absolute atomic E-state index is 13.7. The second-order valence-electron chi connectivity index (χ2n) is 9.33. The van der Waals surface area contributed by atoms with E-state index in [1.807, 2.05) is 50.2 Å². The number of nitrogens with zero attached hydrogens (tertiary/aromatic N) is 1. The van der Waals surface area contributed by atoms with Gasteiger partial charge >= 0.3 is 0 Å². The van der Waals surface area contributed by atoms with E-state index in [1.165, 1.54) is 11.8 Å². The number of hydrogen-bond acceptors (Lipinski definition) is 3. The number of thioether (sulfide) groups is 1. The van der Waals surface area contributed by atoms with Gasteiger partial charge in [0, 0.05) is 45.4 Å². The van der Waals surface area contributed by atoms with Crippen LogP contribution in [0.4, 0.5) is 0 Å². The summed E-state index contributed by atoms with van der Waals surface area (Å²) in [6.07, 6.45) is 0.370. The molecule has 9 heteroatoms. The van der Waals surface area contributed by atoms with Crippen LogP contribution in [0.25, 0.3) is 0 Å². The lowest BCUT2D eigenvalue weighted by atomic mass is 10.0. The molecule has 0 heterocycles. The molecule has 4 nitrogen and oxygen atoms in total. The maximum atomic E-state index is 13.7. The summed E-state index contributed by atoms with van der Waals surface area (Å²) in [4.78, 5) is 28.9. The molecular weight excluding hydrogens is 582 g/mol. The van der Waals surface area contributed by atoms with Gasteiger partial charge in [0.1, 0.15) is 6.04 Å². The van der Waals surface area contributed by atoms with Gasteiger partial charge in [-0.3, -0.25) is 9.59 Å². The predicted octanol–water partition coefficient (Wildman–Crippen LogP) is 7.95. The highest BCUT2D eigenvalue weighted by Gasteiger charge is 2.30. The van der Waals surface area contributed by atoms with Crippen LogP contribution in [-0.4, -0.2) is 35.1 Å². The number of halogens is 4. The minimum Gasteiger partial charge on any atom is -0.354 e. The van der Waals surface area contributed by atoms with Crippen molar-refractivity contribution < 1.29 is 9.59 Å². The summed E-state index contributed by atoms with van der Waals surface area (Å²) in [5, 5.41) is 5.07. The molecule has 1 atom stereocenters. The van der Waals surface area contributed by atoms with Gasteiger partial charge in [0.05, 0.1) is 5.75 Å². The van der Waals surface area contributed by atoms with Gasteiger partial charge in [0.15, 0.2) is 0 Å². The first kappa shape index (κ1) is 30.6. The first-order chi connectivity index (χ1) is 18.1. The van der Waals surface area contributed by atoms with E-state index >= 15 is 0 Å². The van der Waals surface area contributed by atoms with E-state index < -0.39 is 6.04 Å². The monoisotopic (exact) mass is 610 g/mol. The molecule has 202 valence electrons. The molecule has 3 rings (SSSR count). The van der Waals surface area contributed by atoms with E-state index in [1.54, 1.807) is 35.2 Å². The summed E-state index contributed by atoms with van der Waals surface area (Å²) < 4.78 is 0. The normalized spacial score (nSPS) is 11.9. The van der Waals surface area contributed by atoms with Crippen LogP contribution < -0.4 is 5.32 Å². The van der Waals surface area contributed by atoms with Crippen molar-refractivity contribution >= 4 is 70.0 Å². The van der Waals surface area contributed by atoms with Crippen molar-refractivity contribution in [1.29, 1.82) is 0 Å². The van der Waals surface area contributed by atoms with Crippen molar-refractivity contribution in [2.75, 3.05) is 12.3 Å². The van der Waals surface area contributed by atoms with E-state index in [0.29, 0.717) is 44.4 Å². The average molecular weight is 612 g/mol. The third-order valence-corrected chi connectivity index (χ3v) is 7.95. The van der Waals surface area contributed by atoms with Crippen LogP contribution in [0.15, 0.2) is 66.7 Å². The van der Waals surface area contributed by atoms with Gasteiger partial charge in [-0.1, -0.05) is 103 Å². The van der Waals surface area contributed by atoms with Crippen molar-refractivity contribution in [2.24, 2.45) is 5.92 Å². The minimum absolute atomic E-state index is 0.160. The van der Waals surface area contributed by atoms with Gasteiger partial charge in [-0.25, -0.2) is 0 Å². The average Bonchev–Trinajstić information content (AvgIpc) is 2.87. The van der Waals surface area contributed by atoms with E-state index in [2.05, 4.69) is 5.32 Å². The smallest absolute Gasteiger partial charge is 0.243 e. The lowest BCUT2D eigenvalue weighted by Gasteiger charge is -2.32. The number of carbonyl (C=O) groups excluding carboxylic acids is 2. The molecule has 1 N–H and O–H groups in total.